The van der Waals surface area contributed by atoms with E-state index in [-0.39, 0.29) is 0 Å². The average molecular weight is 389 g/mol. The highest BCUT2D eigenvalue weighted by Crippen LogP contribution is 2.32. The van der Waals surface area contributed by atoms with Gasteiger partial charge in [-0.25, -0.2) is 14.8 Å². The number of H-pyrrole nitrogens is 1. The zero-order valence-electron chi connectivity index (χ0n) is 15.7. The van der Waals surface area contributed by atoms with E-state index in [4.69, 9.17) is 6.57 Å². The Labute approximate surface area is 172 Å². The Kier molecular flexibility index (Phi) is 4.35. The van der Waals surface area contributed by atoms with Crippen LogP contribution in [0.15, 0.2) is 79.1 Å². The van der Waals surface area contributed by atoms with Crippen molar-refractivity contribution in [1.29, 1.82) is 0 Å². The van der Waals surface area contributed by atoms with Crippen molar-refractivity contribution in [3.8, 4) is 22.5 Å². The topological polar surface area (TPSA) is 83.7 Å². The Balaban J connectivity index is 1.66. The second-order valence-electron chi connectivity index (χ2n) is 6.58. The minimum Gasteiger partial charge on any atom is -0.307 e. The van der Waals surface area contributed by atoms with E-state index in [2.05, 4.69) is 35.3 Å². The van der Waals surface area contributed by atoms with Crippen molar-refractivity contribution in [2.24, 2.45) is 0 Å². The number of fused-ring (bicyclic) bond motifs is 1. The van der Waals surface area contributed by atoms with Gasteiger partial charge in [0.1, 0.15) is 0 Å². The molecule has 7 heteroatoms. The number of nitrogens with one attached hydrogen (secondary N) is 2. The van der Waals surface area contributed by atoms with E-state index in [1.54, 1.807) is 18.5 Å². The average Bonchev–Trinajstić information content (AvgIpc) is 3.22. The number of para-hydroxylation sites is 2. The number of nitrogens with zero attached hydrogens (tertiary/aromatic N) is 5. The molecule has 2 aromatic carbocycles. The first-order valence-corrected chi connectivity index (χ1v) is 9.28. The van der Waals surface area contributed by atoms with E-state index >= 15 is 0 Å². The van der Waals surface area contributed by atoms with Crippen molar-refractivity contribution in [2.45, 2.75) is 0 Å². The van der Waals surface area contributed by atoms with Gasteiger partial charge in [0.25, 0.3) is 0 Å². The molecule has 0 bridgehead atoms. The highest BCUT2D eigenvalue weighted by Gasteiger charge is 2.13. The summed E-state index contributed by atoms with van der Waals surface area (Å²) >= 11 is 0. The van der Waals surface area contributed by atoms with Crippen LogP contribution in [0.2, 0.25) is 0 Å². The fourth-order valence-corrected chi connectivity index (χ4v) is 3.26. The number of rotatable bonds is 4. The fourth-order valence-electron chi connectivity index (χ4n) is 3.26. The van der Waals surface area contributed by atoms with Crippen LogP contribution in [0.5, 0.6) is 0 Å². The van der Waals surface area contributed by atoms with Crippen LogP contribution in [0.3, 0.4) is 0 Å². The molecule has 0 aliphatic rings. The molecule has 0 saturated carbocycles. The standard InChI is InChI=1S/C23H15N7/c1-24-18-10-4-2-8-16(18)21-13-20(15-7-6-12-25-14-15)26-23(27-21)28-22-17-9-3-5-11-19(17)29-30-22/h2-14H,(H2,26,27,28,29,30). The van der Waals surface area contributed by atoms with E-state index in [9.17, 15) is 0 Å². The third-order valence-electron chi connectivity index (χ3n) is 4.68. The fraction of sp³-hybridized carbons (Fsp3) is 0. The second-order valence-corrected chi connectivity index (χ2v) is 6.58. The van der Waals surface area contributed by atoms with Crippen molar-refractivity contribution in [3.63, 3.8) is 0 Å². The Morgan fingerprint density at radius 1 is 0.900 bits per heavy atom. The van der Waals surface area contributed by atoms with Crippen LogP contribution in [-0.2, 0) is 0 Å². The lowest BCUT2D eigenvalue weighted by molar-refractivity contribution is 1.10. The normalized spacial score (nSPS) is 10.6. The van der Waals surface area contributed by atoms with Gasteiger partial charge in [0, 0.05) is 28.9 Å². The summed E-state index contributed by atoms with van der Waals surface area (Å²) in [5.74, 6) is 1.03. The molecule has 30 heavy (non-hydrogen) atoms. The second kappa shape index (κ2) is 7.45. The molecule has 7 nitrogen and oxygen atoms in total. The number of benzene rings is 2. The lowest BCUT2D eigenvalue weighted by atomic mass is 10.1. The van der Waals surface area contributed by atoms with Crippen LogP contribution in [0.25, 0.3) is 38.3 Å². The Bertz CT molecular complexity index is 1380. The summed E-state index contributed by atoms with van der Waals surface area (Å²) in [6, 6.07) is 20.9. The molecule has 0 unspecified atom stereocenters. The van der Waals surface area contributed by atoms with Gasteiger partial charge in [0.2, 0.25) is 5.95 Å². The maximum Gasteiger partial charge on any atom is 0.229 e. The lowest BCUT2D eigenvalue weighted by Gasteiger charge is -2.10. The zero-order valence-corrected chi connectivity index (χ0v) is 15.7. The third-order valence-corrected chi connectivity index (χ3v) is 4.68. The van der Waals surface area contributed by atoms with Crippen molar-refractivity contribution < 1.29 is 0 Å². The molecule has 0 saturated heterocycles. The van der Waals surface area contributed by atoms with Crippen molar-refractivity contribution in [1.82, 2.24) is 25.1 Å². The third kappa shape index (κ3) is 3.23. The number of anilines is 2. The predicted molar refractivity (Wildman–Crippen MR) is 116 cm³/mol. The van der Waals surface area contributed by atoms with E-state index < -0.39 is 0 Å². The Hall–Kier alpha value is -4.57. The van der Waals surface area contributed by atoms with Gasteiger partial charge >= 0.3 is 0 Å². The van der Waals surface area contributed by atoms with Crippen LogP contribution in [0.4, 0.5) is 17.5 Å². The zero-order chi connectivity index (χ0) is 20.3. The van der Waals surface area contributed by atoms with Gasteiger partial charge in [-0.1, -0.05) is 36.4 Å². The molecule has 0 fully saturated rings. The van der Waals surface area contributed by atoms with E-state index in [1.165, 1.54) is 0 Å². The van der Waals surface area contributed by atoms with Gasteiger partial charge < -0.3 is 5.32 Å². The van der Waals surface area contributed by atoms with Gasteiger partial charge in [0.05, 0.1) is 23.5 Å². The molecule has 2 N–H and O–H groups in total. The highest BCUT2D eigenvalue weighted by atomic mass is 15.2. The molecule has 3 aromatic heterocycles. The first-order valence-electron chi connectivity index (χ1n) is 9.28. The molecule has 0 aliphatic carbocycles. The molecule has 0 spiro atoms. The first-order chi connectivity index (χ1) is 14.8. The SMILES string of the molecule is [C-]#[N+]c1ccccc1-c1cc(-c2cccnc2)nc(Nc2n[nH]c3ccccc23)n1. The molecule has 5 aromatic rings. The summed E-state index contributed by atoms with van der Waals surface area (Å²) in [6.45, 7) is 7.50. The van der Waals surface area contributed by atoms with Gasteiger partial charge in [-0.05, 0) is 30.3 Å². The summed E-state index contributed by atoms with van der Waals surface area (Å²) < 4.78 is 0. The molecule has 0 atom stereocenters. The molecule has 3 heterocycles. The minimum absolute atomic E-state index is 0.392. The number of hydrogen-bond acceptors (Lipinski definition) is 5. The van der Waals surface area contributed by atoms with Crippen LogP contribution >= 0.6 is 0 Å². The van der Waals surface area contributed by atoms with E-state index in [0.29, 0.717) is 28.8 Å². The number of hydrogen-bond donors (Lipinski definition) is 2. The maximum atomic E-state index is 7.50. The van der Waals surface area contributed by atoms with Crippen LogP contribution in [0, 0.1) is 6.57 Å². The maximum absolute atomic E-state index is 7.50. The molecule has 0 radical (unpaired) electrons. The molecular weight excluding hydrogens is 374 g/mol. The van der Waals surface area contributed by atoms with Gasteiger partial charge in [-0.3, -0.25) is 10.1 Å². The van der Waals surface area contributed by atoms with E-state index in [0.717, 1.165) is 22.0 Å². The summed E-state index contributed by atoms with van der Waals surface area (Å²) in [5, 5.41) is 11.5. The monoisotopic (exact) mass is 389 g/mol. The van der Waals surface area contributed by atoms with Crippen molar-refractivity contribution in [3.05, 3.63) is 90.5 Å². The summed E-state index contributed by atoms with van der Waals surface area (Å²) in [5.41, 5.74) is 4.41. The molecule has 0 aliphatic heterocycles. The minimum atomic E-state index is 0.392. The van der Waals surface area contributed by atoms with Gasteiger partial charge in [-0.15, -0.1) is 0 Å². The quantitative estimate of drug-likeness (QED) is 0.403. The van der Waals surface area contributed by atoms with Crippen molar-refractivity contribution in [2.75, 3.05) is 5.32 Å². The smallest absolute Gasteiger partial charge is 0.229 e. The van der Waals surface area contributed by atoms with Gasteiger partial charge in [0.15, 0.2) is 11.5 Å². The van der Waals surface area contributed by atoms with Gasteiger partial charge in [-0.2, -0.15) is 5.10 Å². The molecule has 5 rings (SSSR count). The lowest BCUT2D eigenvalue weighted by Crippen LogP contribution is -2.01. The Morgan fingerprint density at radius 2 is 1.73 bits per heavy atom. The van der Waals surface area contributed by atoms with Crippen LogP contribution in [0.1, 0.15) is 0 Å². The number of aromatic amines is 1. The summed E-state index contributed by atoms with van der Waals surface area (Å²) in [4.78, 5) is 17.2. The summed E-state index contributed by atoms with van der Waals surface area (Å²) in [7, 11) is 0. The molecular formula is C23H15N7. The first kappa shape index (κ1) is 17.5. The molecule has 0 amide bonds. The van der Waals surface area contributed by atoms with Crippen LogP contribution in [-0.4, -0.2) is 25.1 Å². The highest BCUT2D eigenvalue weighted by molar-refractivity contribution is 5.91. The van der Waals surface area contributed by atoms with Crippen molar-refractivity contribution >= 4 is 28.4 Å². The molecule has 142 valence electrons. The largest absolute Gasteiger partial charge is 0.307 e. The Morgan fingerprint density at radius 3 is 2.60 bits per heavy atom. The number of aromatic nitrogens is 5. The predicted octanol–water partition coefficient (Wildman–Crippen LogP) is 5.38. The van der Waals surface area contributed by atoms with Crippen LogP contribution < -0.4 is 5.32 Å². The number of pyridine rings is 1. The summed E-state index contributed by atoms with van der Waals surface area (Å²) in [6.07, 6.45) is 3.47. The van der Waals surface area contributed by atoms with E-state index in [1.807, 2.05) is 60.7 Å².